The van der Waals surface area contributed by atoms with E-state index in [0.717, 1.165) is 49.8 Å². The van der Waals surface area contributed by atoms with Crippen molar-refractivity contribution in [2.45, 2.75) is 50.3 Å². The molecule has 2 amide bonds. The minimum atomic E-state index is -3.77. The Morgan fingerprint density at radius 1 is 1.06 bits per heavy atom. The van der Waals surface area contributed by atoms with Crippen molar-refractivity contribution < 1.29 is 13.2 Å². The Kier molecular flexibility index (Phi) is 7.55. The first-order chi connectivity index (χ1) is 15.3. The number of nitrogens with zero attached hydrogens (tertiary/aromatic N) is 2. The maximum absolute atomic E-state index is 12.7. The quantitative estimate of drug-likeness (QED) is 0.610. The molecule has 1 fully saturated rings. The summed E-state index contributed by atoms with van der Waals surface area (Å²) in [5.74, 6) is 0. The van der Waals surface area contributed by atoms with E-state index in [-0.39, 0.29) is 56.9 Å². The van der Waals surface area contributed by atoms with E-state index >= 15 is 0 Å². The Morgan fingerprint density at radius 2 is 1.70 bits per heavy atom. The fourth-order valence-electron chi connectivity index (χ4n) is 5.17. The van der Waals surface area contributed by atoms with E-state index in [2.05, 4.69) is 16.1 Å². The number of sulfonamides is 1. The van der Waals surface area contributed by atoms with E-state index in [4.69, 9.17) is 0 Å². The van der Waals surface area contributed by atoms with E-state index < -0.39 is 21.3 Å². The van der Waals surface area contributed by atoms with Gasteiger partial charge in [-0.25, -0.2) is 17.9 Å². The second-order valence-corrected chi connectivity index (χ2v) is 11.1. The predicted octanol–water partition coefficient (Wildman–Crippen LogP) is 1.32. The number of hydrogen-bond donors (Lipinski definition) is 2. The van der Waals surface area contributed by atoms with Crippen molar-refractivity contribution in [3.8, 4) is 0 Å². The second-order valence-electron chi connectivity index (χ2n) is 9.14. The summed E-state index contributed by atoms with van der Waals surface area (Å²) in [7, 11) is -2.08. The number of amides is 2. The van der Waals surface area contributed by atoms with Crippen molar-refractivity contribution in [3.63, 3.8) is 0 Å². The van der Waals surface area contributed by atoms with Crippen molar-refractivity contribution in [1.82, 2.24) is 14.2 Å². The second kappa shape index (κ2) is 9.92. The van der Waals surface area contributed by atoms with Gasteiger partial charge in [0.05, 0.1) is 0 Å². The minimum Gasteiger partial charge on any atom is -0.318 e. The molecule has 1 saturated heterocycles. The molecule has 0 atom stereocenters. The third-order valence-corrected chi connectivity index (χ3v) is 8.51. The third-order valence-electron chi connectivity index (χ3n) is 6.86. The van der Waals surface area contributed by atoms with Crippen molar-refractivity contribution in [2.75, 3.05) is 18.4 Å². The van der Waals surface area contributed by atoms with E-state index in [9.17, 15) is 18.0 Å². The predicted molar refractivity (Wildman–Crippen MR) is 128 cm³/mol. The number of urea groups is 1. The molecular weight excluding hydrogens is 467 g/mol. The number of likely N-dealkylation sites (tertiary alicyclic amines) is 1. The normalized spacial score (nSPS) is 17.6. The Hall–Kier alpha value is -1.01. The SMILES string of the molecule is Cn1cc(CN2CC(S(=O)(=O)NC(=O)Nc3c4c(cc5c3CCC5)CCC4)C2)ccc1=O.[K]. The fourth-order valence-corrected chi connectivity index (χ4v) is 6.46. The first-order valence-electron chi connectivity index (χ1n) is 11.2. The van der Waals surface area contributed by atoms with Gasteiger partial charge >= 0.3 is 6.03 Å². The Balaban J connectivity index is 0.00000259. The van der Waals surface area contributed by atoms with Gasteiger partial charge in [-0.3, -0.25) is 9.69 Å². The first kappa shape index (κ1) is 25.1. The van der Waals surface area contributed by atoms with E-state index in [1.165, 1.54) is 32.9 Å². The van der Waals surface area contributed by atoms with Crippen LogP contribution in [0.15, 0.2) is 29.2 Å². The van der Waals surface area contributed by atoms with Crippen LogP contribution in [0.1, 0.15) is 40.7 Å². The Bertz CT molecular complexity index is 1220. The number of carbonyl (C=O) groups is 1. The average Bonchev–Trinajstić information content (AvgIpc) is 3.35. The van der Waals surface area contributed by atoms with Crippen molar-refractivity contribution in [3.05, 3.63) is 62.6 Å². The molecule has 2 aromatic rings. The number of carbonyl (C=O) groups excluding carboxylic acids is 1. The summed E-state index contributed by atoms with van der Waals surface area (Å²) in [6.07, 6.45) is 7.78. The molecule has 0 saturated carbocycles. The van der Waals surface area contributed by atoms with Gasteiger partial charge in [0, 0.05) is 96.0 Å². The summed E-state index contributed by atoms with van der Waals surface area (Å²) in [5.41, 5.74) is 6.62. The van der Waals surface area contributed by atoms with Gasteiger partial charge in [0.15, 0.2) is 0 Å². The number of benzene rings is 1. The largest absolute Gasteiger partial charge is 0.332 e. The number of fused-ring (bicyclic) bond motifs is 2. The standard InChI is InChI=1S/C23H28N4O4S.K/c1-26-11-15(8-9-21(26)28)12-27-13-18(14-27)32(30,31)25-23(29)24-22-19-6-2-4-16(19)10-17-5-3-7-20(17)22;/h8-11,18H,2-7,12-14H2,1H3,(H2,24,25,29);. The summed E-state index contributed by atoms with van der Waals surface area (Å²) in [4.78, 5) is 26.2. The number of rotatable bonds is 5. The molecule has 2 N–H and O–H groups in total. The molecule has 3 aliphatic rings. The Morgan fingerprint density at radius 3 is 2.30 bits per heavy atom. The summed E-state index contributed by atoms with van der Waals surface area (Å²) < 4.78 is 29.2. The summed E-state index contributed by atoms with van der Waals surface area (Å²) >= 11 is 0. The molecule has 171 valence electrons. The monoisotopic (exact) mass is 495 g/mol. The van der Waals surface area contributed by atoms with E-state index in [1.807, 2.05) is 4.90 Å². The average molecular weight is 496 g/mol. The van der Waals surface area contributed by atoms with Gasteiger partial charge in [0.25, 0.3) is 0 Å². The van der Waals surface area contributed by atoms with Crippen LogP contribution >= 0.6 is 0 Å². The topological polar surface area (TPSA) is 101 Å². The zero-order chi connectivity index (χ0) is 22.5. The van der Waals surface area contributed by atoms with Gasteiger partial charge in [-0.05, 0) is 66.3 Å². The summed E-state index contributed by atoms with van der Waals surface area (Å²) in [5, 5.41) is 2.26. The van der Waals surface area contributed by atoms with Gasteiger partial charge in [0.2, 0.25) is 15.6 Å². The van der Waals surface area contributed by atoms with Gasteiger partial charge in [-0.1, -0.05) is 12.1 Å². The molecule has 0 unspecified atom stereocenters. The number of anilines is 1. The molecule has 0 bridgehead atoms. The van der Waals surface area contributed by atoms with Gasteiger partial charge in [-0.2, -0.15) is 0 Å². The first-order valence-corrected chi connectivity index (χ1v) is 12.7. The number of aromatic nitrogens is 1. The summed E-state index contributed by atoms with van der Waals surface area (Å²) in [6.45, 7) is 1.26. The minimum absolute atomic E-state index is 0. The van der Waals surface area contributed by atoms with Crippen LogP contribution < -0.4 is 15.6 Å². The molecule has 5 rings (SSSR count). The molecule has 1 aliphatic heterocycles. The zero-order valence-electron chi connectivity index (χ0n) is 19.2. The van der Waals surface area contributed by atoms with Gasteiger partial charge in [0.1, 0.15) is 5.25 Å². The van der Waals surface area contributed by atoms with Crippen LogP contribution in [0, 0.1) is 0 Å². The van der Waals surface area contributed by atoms with Crippen molar-refractivity contribution >= 4 is 73.1 Å². The van der Waals surface area contributed by atoms with Crippen LogP contribution in [0.2, 0.25) is 0 Å². The maximum Gasteiger partial charge on any atom is 0.332 e. The number of aryl methyl sites for hydroxylation is 3. The fraction of sp³-hybridized carbons (Fsp3) is 0.478. The molecule has 1 radical (unpaired) electrons. The molecule has 1 aromatic heterocycles. The molecule has 8 nitrogen and oxygen atoms in total. The molecular formula is C23H28KN4O4S. The van der Waals surface area contributed by atoms with Gasteiger partial charge in [-0.15, -0.1) is 0 Å². The summed E-state index contributed by atoms with van der Waals surface area (Å²) in [6, 6.07) is 4.87. The van der Waals surface area contributed by atoms with Crippen LogP contribution in [0.3, 0.4) is 0 Å². The number of hydrogen-bond acceptors (Lipinski definition) is 5. The molecule has 1 aromatic carbocycles. The molecule has 10 heteroatoms. The Labute approximate surface area is 236 Å². The zero-order valence-corrected chi connectivity index (χ0v) is 23.1. The number of pyridine rings is 1. The van der Waals surface area contributed by atoms with Crippen LogP contribution in [0.25, 0.3) is 0 Å². The smallest absolute Gasteiger partial charge is 0.318 e. The maximum atomic E-state index is 12.7. The van der Waals surface area contributed by atoms with E-state index in [0.29, 0.717) is 19.6 Å². The van der Waals surface area contributed by atoms with Crippen LogP contribution in [-0.2, 0) is 49.3 Å². The number of nitrogens with one attached hydrogen (secondary N) is 2. The van der Waals surface area contributed by atoms with Crippen LogP contribution in [-0.4, -0.2) is 93.6 Å². The van der Waals surface area contributed by atoms with Crippen molar-refractivity contribution in [2.24, 2.45) is 7.05 Å². The van der Waals surface area contributed by atoms with Crippen LogP contribution in [0.5, 0.6) is 0 Å². The molecule has 0 spiro atoms. The third kappa shape index (κ3) is 5.17. The van der Waals surface area contributed by atoms with Crippen molar-refractivity contribution in [1.29, 1.82) is 0 Å². The van der Waals surface area contributed by atoms with Crippen LogP contribution in [0.4, 0.5) is 10.5 Å². The molecule has 2 heterocycles. The molecule has 33 heavy (non-hydrogen) atoms. The van der Waals surface area contributed by atoms with E-state index in [1.54, 1.807) is 19.3 Å². The molecule has 2 aliphatic carbocycles. The van der Waals surface area contributed by atoms with Gasteiger partial charge < -0.3 is 9.88 Å².